The summed E-state index contributed by atoms with van der Waals surface area (Å²) in [6.07, 6.45) is 0.316. The number of nitrogens with one attached hydrogen (secondary N) is 2. The fourth-order valence-electron chi connectivity index (χ4n) is 2.91. The minimum atomic E-state index is -0.209. The molecule has 0 aliphatic carbocycles. The minimum absolute atomic E-state index is 0. The predicted molar refractivity (Wildman–Crippen MR) is 107 cm³/mol. The molecule has 26 heavy (non-hydrogen) atoms. The van der Waals surface area contributed by atoms with Crippen LogP contribution in [0.1, 0.15) is 22.3 Å². The Kier molecular flexibility index (Phi) is 9.46. The van der Waals surface area contributed by atoms with Gasteiger partial charge < -0.3 is 10.6 Å². The molecule has 0 bridgehead atoms. The van der Waals surface area contributed by atoms with E-state index < -0.39 is 0 Å². The Balaban J connectivity index is 0.00000169. The van der Waals surface area contributed by atoms with Crippen LogP contribution < -0.4 is 10.6 Å². The van der Waals surface area contributed by atoms with Gasteiger partial charge in [-0.1, -0.05) is 12.1 Å². The molecule has 3 rings (SSSR count). The number of hydrogen-bond acceptors (Lipinski definition) is 5. The first kappa shape index (κ1) is 22.8. The predicted octanol–water partition coefficient (Wildman–Crippen LogP) is 2.56. The van der Waals surface area contributed by atoms with E-state index in [1.54, 1.807) is 19.2 Å². The molecule has 0 radical (unpaired) electrons. The maximum Gasteiger partial charge on any atom is 0.226 e. The van der Waals surface area contributed by atoms with Gasteiger partial charge in [0.05, 0.1) is 12.1 Å². The fraction of sp³-hybridized carbons (Fsp3) is 0.412. The molecule has 1 aliphatic heterocycles. The van der Waals surface area contributed by atoms with Crippen molar-refractivity contribution < 1.29 is 9.18 Å². The number of amides is 1. The zero-order chi connectivity index (χ0) is 16.9. The number of rotatable bonds is 5. The van der Waals surface area contributed by atoms with Gasteiger partial charge in [-0.05, 0) is 17.7 Å². The van der Waals surface area contributed by atoms with Crippen molar-refractivity contribution in [2.45, 2.75) is 19.0 Å². The number of benzene rings is 1. The van der Waals surface area contributed by atoms with Crippen LogP contribution in [0.2, 0.25) is 0 Å². The third kappa shape index (κ3) is 5.89. The zero-order valence-electron chi connectivity index (χ0n) is 14.4. The van der Waals surface area contributed by atoms with Gasteiger partial charge in [-0.25, -0.2) is 9.37 Å². The lowest BCUT2D eigenvalue weighted by Crippen LogP contribution is -2.45. The molecule has 2 N–H and O–H groups in total. The first-order valence-electron chi connectivity index (χ1n) is 8.00. The van der Waals surface area contributed by atoms with E-state index in [1.807, 2.05) is 11.4 Å². The molecule has 1 unspecified atom stereocenters. The zero-order valence-corrected chi connectivity index (χ0v) is 16.9. The van der Waals surface area contributed by atoms with Gasteiger partial charge in [-0.2, -0.15) is 0 Å². The van der Waals surface area contributed by atoms with Crippen LogP contribution in [0.3, 0.4) is 0 Å². The molecule has 0 spiro atoms. The van der Waals surface area contributed by atoms with E-state index in [0.29, 0.717) is 13.0 Å². The van der Waals surface area contributed by atoms with E-state index in [0.717, 1.165) is 35.9 Å². The van der Waals surface area contributed by atoms with Crippen molar-refractivity contribution in [3.05, 3.63) is 51.7 Å². The molecule has 1 aromatic heterocycles. The van der Waals surface area contributed by atoms with Crippen molar-refractivity contribution in [1.82, 2.24) is 20.5 Å². The third-order valence-corrected chi connectivity index (χ3v) is 5.04. The molecule has 2 heterocycles. The van der Waals surface area contributed by atoms with Crippen molar-refractivity contribution in [2.24, 2.45) is 0 Å². The highest BCUT2D eigenvalue weighted by Gasteiger charge is 2.24. The Bertz CT molecular complexity index is 716. The Morgan fingerprint density at radius 1 is 1.46 bits per heavy atom. The monoisotopic (exact) mass is 420 g/mol. The van der Waals surface area contributed by atoms with Gasteiger partial charge in [0.15, 0.2) is 0 Å². The number of piperazine rings is 1. The van der Waals surface area contributed by atoms with Crippen molar-refractivity contribution >= 4 is 42.1 Å². The average molecular weight is 421 g/mol. The first-order valence-corrected chi connectivity index (χ1v) is 8.88. The number of likely N-dealkylation sites (N-methyl/N-ethyl adjacent to an activating group) is 1. The van der Waals surface area contributed by atoms with Crippen LogP contribution in [-0.2, 0) is 17.8 Å². The van der Waals surface area contributed by atoms with Gasteiger partial charge in [-0.15, -0.1) is 36.2 Å². The molecule has 1 saturated heterocycles. The molecule has 1 fully saturated rings. The molecular formula is C17H23Cl2FN4OS. The topological polar surface area (TPSA) is 57.3 Å². The van der Waals surface area contributed by atoms with E-state index in [2.05, 4.69) is 20.5 Å². The molecule has 1 amide bonds. The summed E-state index contributed by atoms with van der Waals surface area (Å²) in [6, 6.07) is 6.91. The van der Waals surface area contributed by atoms with E-state index in [9.17, 15) is 9.18 Å². The molecule has 5 nitrogen and oxygen atoms in total. The molecule has 1 atom stereocenters. The van der Waals surface area contributed by atoms with Gasteiger partial charge in [0.2, 0.25) is 5.91 Å². The van der Waals surface area contributed by atoms with Crippen molar-refractivity contribution in [3.8, 4) is 0 Å². The summed E-state index contributed by atoms with van der Waals surface area (Å²) in [5.74, 6) is -0.241. The molecular weight excluding hydrogens is 398 g/mol. The molecule has 2 aromatic rings. The fourth-order valence-corrected chi connectivity index (χ4v) is 3.70. The van der Waals surface area contributed by atoms with Crippen LogP contribution >= 0.6 is 36.2 Å². The number of halogens is 3. The highest BCUT2D eigenvalue weighted by Crippen LogP contribution is 2.25. The second-order valence-electron chi connectivity index (χ2n) is 5.83. The number of hydrogen-bond donors (Lipinski definition) is 2. The smallest absolute Gasteiger partial charge is 0.226 e. The number of carbonyl (C=O) groups excluding carboxylic acids is 1. The van der Waals surface area contributed by atoms with E-state index >= 15 is 0 Å². The Morgan fingerprint density at radius 2 is 2.27 bits per heavy atom. The molecule has 1 aromatic carbocycles. The van der Waals surface area contributed by atoms with Crippen molar-refractivity contribution in [2.75, 3.05) is 26.7 Å². The first-order chi connectivity index (χ1) is 11.7. The normalized spacial score (nSPS) is 17.1. The number of carbonyl (C=O) groups is 1. The highest BCUT2D eigenvalue weighted by molar-refractivity contribution is 7.09. The van der Waals surface area contributed by atoms with E-state index in [4.69, 9.17) is 0 Å². The summed E-state index contributed by atoms with van der Waals surface area (Å²) < 4.78 is 13.5. The molecule has 1 aliphatic rings. The second kappa shape index (κ2) is 10.8. The average Bonchev–Trinajstić information content (AvgIpc) is 3.02. The van der Waals surface area contributed by atoms with Crippen LogP contribution in [0.15, 0.2) is 29.6 Å². The summed E-state index contributed by atoms with van der Waals surface area (Å²) in [7, 11) is 1.63. The van der Waals surface area contributed by atoms with Gasteiger partial charge in [0.25, 0.3) is 0 Å². The van der Waals surface area contributed by atoms with Gasteiger partial charge in [0, 0.05) is 44.6 Å². The number of aromatic nitrogens is 1. The summed E-state index contributed by atoms with van der Waals surface area (Å²) >= 11 is 1.51. The number of thiazole rings is 1. The van der Waals surface area contributed by atoms with Gasteiger partial charge in [-0.3, -0.25) is 9.69 Å². The van der Waals surface area contributed by atoms with Crippen molar-refractivity contribution in [1.29, 1.82) is 0 Å². The standard InChI is InChI=1S/C17H21FN4OS.2ClH/c1-19-16(23)8-17-21-14(11-24-17)10-22-6-5-20-9-15(22)12-3-2-4-13(18)7-12;;/h2-4,7,11,15,20H,5-6,8-10H2,1H3,(H,19,23);2*1H. The van der Waals surface area contributed by atoms with Gasteiger partial charge in [0.1, 0.15) is 10.8 Å². The lowest BCUT2D eigenvalue weighted by molar-refractivity contribution is -0.119. The van der Waals surface area contributed by atoms with Crippen molar-refractivity contribution in [3.63, 3.8) is 0 Å². The third-order valence-electron chi connectivity index (χ3n) is 4.14. The molecule has 144 valence electrons. The summed E-state index contributed by atoms with van der Waals surface area (Å²) in [5.41, 5.74) is 1.94. The highest BCUT2D eigenvalue weighted by atomic mass is 35.5. The summed E-state index contributed by atoms with van der Waals surface area (Å²) in [6.45, 7) is 3.27. The Labute approximate surface area is 169 Å². The number of nitrogens with zero attached hydrogens (tertiary/aromatic N) is 2. The quantitative estimate of drug-likeness (QED) is 0.780. The lowest BCUT2D eigenvalue weighted by atomic mass is 10.0. The Morgan fingerprint density at radius 3 is 3.00 bits per heavy atom. The van der Waals surface area contributed by atoms with Gasteiger partial charge >= 0.3 is 0 Å². The lowest BCUT2D eigenvalue weighted by Gasteiger charge is -2.36. The van der Waals surface area contributed by atoms with Crippen LogP contribution in [-0.4, -0.2) is 42.5 Å². The SMILES string of the molecule is CNC(=O)Cc1nc(CN2CCNCC2c2cccc(F)c2)cs1.Cl.Cl. The summed E-state index contributed by atoms with van der Waals surface area (Å²) in [5, 5.41) is 8.81. The van der Waals surface area contributed by atoms with Crippen LogP contribution in [0.25, 0.3) is 0 Å². The maximum atomic E-state index is 13.5. The molecule has 0 saturated carbocycles. The minimum Gasteiger partial charge on any atom is -0.359 e. The van der Waals surface area contributed by atoms with E-state index in [1.165, 1.54) is 17.4 Å². The Hall–Kier alpha value is -1.25. The van der Waals surface area contributed by atoms with E-state index in [-0.39, 0.29) is 42.6 Å². The molecule has 9 heteroatoms. The largest absolute Gasteiger partial charge is 0.359 e. The van der Waals surface area contributed by atoms with Crippen LogP contribution in [0.4, 0.5) is 4.39 Å². The van der Waals surface area contributed by atoms with Crippen LogP contribution in [0, 0.1) is 5.82 Å². The van der Waals surface area contributed by atoms with Crippen LogP contribution in [0.5, 0.6) is 0 Å². The summed E-state index contributed by atoms with van der Waals surface area (Å²) in [4.78, 5) is 18.3. The second-order valence-corrected chi connectivity index (χ2v) is 6.77. The maximum absolute atomic E-state index is 13.5.